The fourth-order valence-electron chi connectivity index (χ4n) is 0.664. The van der Waals surface area contributed by atoms with Crippen molar-refractivity contribution < 1.29 is 9.53 Å². The first kappa shape index (κ1) is 17.0. The average molecular weight is 226 g/mol. The molecule has 0 spiro atoms. The Labute approximate surface area is 97.8 Å². The summed E-state index contributed by atoms with van der Waals surface area (Å²) in [5.74, 6) is -0.213. The van der Waals surface area contributed by atoms with Gasteiger partial charge in [0.25, 0.3) is 0 Å². The zero-order valence-corrected chi connectivity index (χ0v) is 10.3. The topological polar surface area (TPSA) is 65.2 Å². The molecular weight excluding hydrogens is 204 g/mol. The lowest BCUT2D eigenvalue weighted by Gasteiger charge is -1.96. The number of carbonyl (C=O) groups is 1. The molecule has 4 heteroatoms. The number of rotatable bonds is 3. The molecule has 1 heterocycles. The van der Waals surface area contributed by atoms with Gasteiger partial charge in [0.05, 0.1) is 13.0 Å². The molecule has 2 N–H and O–H groups in total. The second kappa shape index (κ2) is 16.0. The third-order valence-electron chi connectivity index (χ3n) is 1.22. The van der Waals surface area contributed by atoms with Gasteiger partial charge < -0.3 is 10.5 Å². The van der Waals surface area contributed by atoms with E-state index < -0.39 is 0 Å². The van der Waals surface area contributed by atoms with Gasteiger partial charge in [-0.3, -0.25) is 9.78 Å². The van der Waals surface area contributed by atoms with E-state index in [9.17, 15) is 4.79 Å². The average Bonchev–Trinajstić information content (AvgIpc) is 2.35. The lowest BCUT2D eigenvalue weighted by molar-refractivity contribution is -0.142. The van der Waals surface area contributed by atoms with E-state index in [-0.39, 0.29) is 5.97 Å². The van der Waals surface area contributed by atoms with Crippen molar-refractivity contribution in [3.8, 4) is 0 Å². The highest BCUT2D eigenvalue weighted by Crippen LogP contribution is 1.80. The van der Waals surface area contributed by atoms with Crippen molar-refractivity contribution in [2.75, 3.05) is 13.2 Å². The summed E-state index contributed by atoms with van der Waals surface area (Å²) in [7, 11) is 0. The van der Waals surface area contributed by atoms with Gasteiger partial charge in [-0.05, 0) is 19.1 Å². The van der Waals surface area contributed by atoms with Crippen molar-refractivity contribution in [1.82, 2.24) is 4.98 Å². The van der Waals surface area contributed by atoms with E-state index in [0.717, 1.165) is 0 Å². The summed E-state index contributed by atoms with van der Waals surface area (Å²) in [5.41, 5.74) is 5.06. The smallest absolute Gasteiger partial charge is 0.307 e. The molecule has 0 aliphatic rings. The molecule has 0 aliphatic heterocycles. The van der Waals surface area contributed by atoms with E-state index in [1.807, 2.05) is 32.0 Å². The Balaban J connectivity index is 0. The fourth-order valence-corrected chi connectivity index (χ4v) is 0.664. The molecule has 0 saturated carbocycles. The quantitative estimate of drug-likeness (QED) is 0.801. The van der Waals surface area contributed by atoms with Crippen LogP contribution in [0.25, 0.3) is 0 Å². The summed E-state index contributed by atoms with van der Waals surface area (Å²) in [6.07, 6.45) is 3.83. The Kier molecular flexibility index (Phi) is 17.0. The second-order valence-corrected chi connectivity index (χ2v) is 2.37. The van der Waals surface area contributed by atoms with Crippen LogP contribution in [0, 0.1) is 0 Å². The van der Waals surface area contributed by atoms with E-state index in [2.05, 4.69) is 9.72 Å². The van der Waals surface area contributed by atoms with Gasteiger partial charge in [-0.25, -0.2) is 0 Å². The number of nitrogens with zero attached hydrogens (tertiary/aromatic N) is 1. The molecule has 4 nitrogen and oxygen atoms in total. The number of aromatic nitrogens is 1. The third kappa shape index (κ3) is 15.1. The predicted molar refractivity (Wildman–Crippen MR) is 65.9 cm³/mol. The number of hydrogen-bond acceptors (Lipinski definition) is 4. The molecule has 1 rings (SSSR count). The summed E-state index contributed by atoms with van der Waals surface area (Å²) in [6.45, 7) is 6.59. The number of ether oxygens (including phenoxy) is 1. The van der Waals surface area contributed by atoms with Gasteiger partial charge in [-0.15, -0.1) is 0 Å². The molecule has 1 aromatic rings. The van der Waals surface area contributed by atoms with Crippen molar-refractivity contribution in [2.45, 2.75) is 27.2 Å². The molecule has 1 aromatic heterocycles. The Morgan fingerprint density at radius 2 is 1.81 bits per heavy atom. The molecule has 0 atom stereocenters. The Morgan fingerprint density at radius 1 is 1.25 bits per heavy atom. The minimum absolute atomic E-state index is 0.213. The van der Waals surface area contributed by atoms with E-state index in [1.54, 1.807) is 19.3 Å². The Bertz CT molecular complexity index is 193. The van der Waals surface area contributed by atoms with Crippen LogP contribution in [0.15, 0.2) is 30.6 Å². The zero-order valence-electron chi connectivity index (χ0n) is 10.3. The number of esters is 1. The molecule has 92 valence electrons. The normalized spacial score (nSPS) is 7.75. The summed E-state index contributed by atoms with van der Waals surface area (Å²) >= 11 is 0. The molecular formula is C12H22N2O2. The van der Waals surface area contributed by atoms with Crippen LogP contribution in [-0.4, -0.2) is 24.1 Å². The summed E-state index contributed by atoms with van der Waals surface area (Å²) in [6, 6.07) is 5.72. The van der Waals surface area contributed by atoms with Crippen LogP contribution < -0.4 is 5.73 Å². The number of pyridine rings is 1. The molecule has 0 aromatic carbocycles. The second-order valence-electron chi connectivity index (χ2n) is 2.37. The first-order valence-corrected chi connectivity index (χ1v) is 5.52. The number of hydrogen-bond donors (Lipinski definition) is 1. The predicted octanol–water partition coefficient (Wildman–Crippen LogP) is 2.01. The van der Waals surface area contributed by atoms with Crippen molar-refractivity contribution >= 4 is 5.97 Å². The Hall–Kier alpha value is -1.42. The van der Waals surface area contributed by atoms with Crippen LogP contribution in [0.1, 0.15) is 27.2 Å². The van der Waals surface area contributed by atoms with Crippen LogP contribution in [-0.2, 0) is 9.53 Å². The van der Waals surface area contributed by atoms with E-state index in [0.29, 0.717) is 19.6 Å². The van der Waals surface area contributed by atoms with Gasteiger partial charge in [-0.1, -0.05) is 19.9 Å². The van der Waals surface area contributed by atoms with E-state index >= 15 is 0 Å². The fraction of sp³-hybridized carbons (Fsp3) is 0.500. The van der Waals surface area contributed by atoms with E-state index in [4.69, 9.17) is 5.73 Å². The maximum Gasteiger partial charge on any atom is 0.307 e. The van der Waals surface area contributed by atoms with Crippen molar-refractivity contribution in [3.63, 3.8) is 0 Å². The minimum Gasteiger partial charge on any atom is -0.466 e. The molecule has 16 heavy (non-hydrogen) atoms. The molecule has 0 unspecified atom stereocenters. The zero-order chi connectivity index (χ0) is 12.6. The molecule has 0 saturated heterocycles. The van der Waals surface area contributed by atoms with Gasteiger partial charge in [0.1, 0.15) is 0 Å². The SMILES string of the molecule is CC.CCOC(=O)CCN.c1ccncc1. The molecule has 0 aliphatic carbocycles. The summed E-state index contributed by atoms with van der Waals surface area (Å²) in [5, 5.41) is 0. The van der Waals surface area contributed by atoms with Crippen LogP contribution in [0.2, 0.25) is 0 Å². The first-order chi connectivity index (χ1) is 7.81. The highest BCUT2D eigenvalue weighted by Gasteiger charge is 1.95. The molecule has 0 bridgehead atoms. The standard InChI is InChI=1S/C5H11NO2.C5H5N.C2H6/c1-2-8-5(7)3-4-6;1-2-4-6-5-3-1;1-2/h2-4,6H2,1H3;1-5H;1-2H3. The molecule has 0 radical (unpaired) electrons. The highest BCUT2D eigenvalue weighted by molar-refractivity contribution is 5.69. The summed E-state index contributed by atoms with van der Waals surface area (Å²) in [4.78, 5) is 14.1. The molecule has 0 amide bonds. The summed E-state index contributed by atoms with van der Waals surface area (Å²) < 4.78 is 4.56. The lowest BCUT2D eigenvalue weighted by Crippen LogP contribution is -2.10. The van der Waals surface area contributed by atoms with Gasteiger partial charge in [0.15, 0.2) is 0 Å². The van der Waals surface area contributed by atoms with Crippen molar-refractivity contribution in [1.29, 1.82) is 0 Å². The Morgan fingerprint density at radius 3 is 2.06 bits per heavy atom. The first-order valence-electron chi connectivity index (χ1n) is 5.52. The lowest BCUT2D eigenvalue weighted by atomic mass is 10.4. The van der Waals surface area contributed by atoms with Crippen molar-refractivity contribution in [3.05, 3.63) is 30.6 Å². The maximum absolute atomic E-state index is 10.3. The van der Waals surface area contributed by atoms with Crippen LogP contribution in [0.3, 0.4) is 0 Å². The van der Waals surface area contributed by atoms with Crippen LogP contribution in [0.4, 0.5) is 0 Å². The third-order valence-corrected chi connectivity index (χ3v) is 1.22. The number of nitrogens with two attached hydrogens (primary N) is 1. The highest BCUT2D eigenvalue weighted by atomic mass is 16.5. The van der Waals surface area contributed by atoms with Crippen molar-refractivity contribution in [2.24, 2.45) is 5.73 Å². The maximum atomic E-state index is 10.3. The van der Waals surface area contributed by atoms with Crippen LogP contribution >= 0.6 is 0 Å². The van der Waals surface area contributed by atoms with Gasteiger partial charge in [0.2, 0.25) is 0 Å². The van der Waals surface area contributed by atoms with Gasteiger partial charge in [-0.2, -0.15) is 0 Å². The van der Waals surface area contributed by atoms with E-state index in [1.165, 1.54) is 0 Å². The van der Waals surface area contributed by atoms with Gasteiger partial charge >= 0.3 is 5.97 Å². The number of carbonyl (C=O) groups excluding carboxylic acids is 1. The largest absolute Gasteiger partial charge is 0.466 e. The molecule has 0 fully saturated rings. The minimum atomic E-state index is -0.213. The monoisotopic (exact) mass is 226 g/mol. The van der Waals surface area contributed by atoms with Crippen LogP contribution in [0.5, 0.6) is 0 Å². The van der Waals surface area contributed by atoms with Gasteiger partial charge in [0, 0.05) is 18.9 Å².